The highest BCUT2D eigenvalue weighted by atomic mass is 35.5. The van der Waals surface area contributed by atoms with Crippen LogP contribution in [0.5, 0.6) is 17.2 Å². The third-order valence-corrected chi connectivity index (χ3v) is 5.00. The summed E-state index contributed by atoms with van der Waals surface area (Å²) in [5.41, 5.74) is 1.52. The lowest BCUT2D eigenvalue weighted by Gasteiger charge is -2.13. The van der Waals surface area contributed by atoms with Crippen molar-refractivity contribution in [3.8, 4) is 23.3 Å². The number of nitriles is 1. The summed E-state index contributed by atoms with van der Waals surface area (Å²) in [7, 11) is 1.59. The first-order valence-electron chi connectivity index (χ1n) is 10.6. The number of amides is 1. The maximum absolute atomic E-state index is 12.3. The summed E-state index contributed by atoms with van der Waals surface area (Å²) < 4.78 is 21.8. The summed E-state index contributed by atoms with van der Waals surface area (Å²) in [5.74, 6) is 1.84. The Hall–Kier alpha value is -4.22. The Bertz CT molecular complexity index is 1280. The van der Waals surface area contributed by atoms with Crippen molar-refractivity contribution in [3.63, 3.8) is 0 Å². The van der Waals surface area contributed by atoms with Gasteiger partial charge in [0.25, 0.3) is 5.91 Å². The number of methoxy groups -OCH3 is 1. The fourth-order valence-electron chi connectivity index (χ4n) is 3.08. The number of aromatic nitrogens is 1. The lowest BCUT2D eigenvalue weighted by molar-refractivity contribution is -0.112. The van der Waals surface area contributed by atoms with Gasteiger partial charge in [0.05, 0.1) is 12.1 Å². The van der Waals surface area contributed by atoms with E-state index in [0.717, 1.165) is 12.0 Å². The number of carbonyl (C=O) groups excluding carboxylic acids is 1. The standard InChI is InChI=1S/C26H24ClN3O5/c1-4-5-18-6-9-23(24(15-18)32-3)34-11-10-33-22-8-7-19(14-21(22)27)13-20(16-28)26(31)29-25-12-17(2)35-30-25/h4,6-9,12-15H,1,5,10-11H2,2-3H3,(H,29,30,31)/b20-13-. The molecule has 0 saturated heterocycles. The molecule has 1 N–H and O–H groups in total. The van der Waals surface area contributed by atoms with Crippen LogP contribution in [0.2, 0.25) is 5.02 Å². The minimum atomic E-state index is -0.609. The molecule has 35 heavy (non-hydrogen) atoms. The highest BCUT2D eigenvalue weighted by Gasteiger charge is 2.13. The van der Waals surface area contributed by atoms with Crippen molar-refractivity contribution in [1.82, 2.24) is 5.16 Å². The van der Waals surface area contributed by atoms with Crippen LogP contribution in [0, 0.1) is 18.3 Å². The molecular formula is C26H24ClN3O5. The van der Waals surface area contributed by atoms with Gasteiger partial charge < -0.3 is 24.1 Å². The molecule has 1 heterocycles. The van der Waals surface area contributed by atoms with E-state index in [1.54, 1.807) is 38.3 Å². The Morgan fingerprint density at radius 2 is 1.91 bits per heavy atom. The molecule has 0 aliphatic heterocycles. The van der Waals surface area contributed by atoms with E-state index in [2.05, 4.69) is 17.1 Å². The van der Waals surface area contributed by atoms with Crippen LogP contribution in [0.15, 0.2) is 65.2 Å². The summed E-state index contributed by atoms with van der Waals surface area (Å²) in [6.45, 7) is 5.95. The zero-order valence-electron chi connectivity index (χ0n) is 19.3. The Morgan fingerprint density at radius 3 is 2.54 bits per heavy atom. The van der Waals surface area contributed by atoms with Gasteiger partial charge in [0, 0.05) is 6.07 Å². The van der Waals surface area contributed by atoms with E-state index in [-0.39, 0.29) is 24.6 Å². The number of carbonyl (C=O) groups is 1. The molecule has 0 fully saturated rings. The maximum atomic E-state index is 12.3. The second-order valence-corrected chi connectivity index (χ2v) is 7.72. The first-order chi connectivity index (χ1) is 16.9. The Morgan fingerprint density at radius 1 is 1.17 bits per heavy atom. The molecule has 0 unspecified atom stereocenters. The van der Waals surface area contributed by atoms with Crippen molar-refractivity contribution in [2.45, 2.75) is 13.3 Å². The number of hydrogen-bond acceptors (Lipinski definition) is 7. The van der Waals surface area contributed by atoms with Crippen LogP contribution in [0.3, 0.4) is 0 Å². The number of allylic oxidation sites excluding steroid dienone is 1. The molecular weight excluding hydrogens is 470 g/mol. The molecule has 0 spiro atoms. The zero-order valence-corrected chi connectivity index (χ0v) is 20.1. The van der Waals surface area contributed by atoms with Gasteiger partial charge in [-0.25, -0.2) is 0 Å². The van der Waals surface area contributed by atoms with Crippen molar-refractivity contribution < 1.29 is 23.5 Å². The van der Waals surface area contributed by atoms with E-state index in [4.69, 9.17) is 30.3 Å². The molecule has 1 aromatic heterocycles. The number of ether oxygens (including phenoxy) is 3. The molecule has 0 saturated carbocycles. The molecule has 0 aliphatic carbocycles. The second-order valence-electron chi connectivity index (χ2n) is 7.31. The lowest BCUT2D eigenvalue weighted by Crippen LogP contribution is -2.13. The summed E-state index contributed by atoms with van der Waals surface area (Å²) in [6.07, 6.45) is 3.98. The zero-order chi connectivity index (χ0) is 25.2. The van der Waals surface area contributed by atoms with Crippen LogP contribution in [0.25, 0.3) is 6.08 Å². The van der Waals surface area contributed by atoms with Crippen molar-refractivity contribution >= 4 is 29.4 Å². The molecule has 0 bridgehead atoms. The average molecular weight is 494 g/mol. The maximum Gasteiger partial charge on any atom is 0.267 e. The van der Waals surface area contributed by atoms with Crippen LogP contribution in [-0.4, -0.2) is 31.4 Å². The molecule has 2 aromatic carbocycles. The van der Waals surface area contributed by atoms with Crippen LogP contribution in [0.1, 0.15) is 16.9 Å². The molecule has 180 valence electrons. The number of halogens is 1. The van der Waals surface area contributed by atoms with Gasteiger partial charge in [-0.2, -0.15) is 5.26 Å². The van der Waals surface area contributed by atoms with Gasteiger partial charge in [-0.15, -0.1) is 6.58 Å². The highest BCUT2D eigenvalue weighted by molar-refractivity contribution is 6.32. The van der Waals surface area contributed by atoms with Crippen molar-refractivity contribution in [2.24, 2.45) is 0 Å². The average Bonchev–Trinajstić information content (AvgIpc) is 3.26. The van der Waals surface area contributed by atoms with Crippen LogP contribution >= 0.6 is 11.6 Å². The van der Waals surface area contributed by atoms with E-state index >= 15 is 0 Å². The molecule has 0 radical (unpaired) electrons. The van der Waals surface area contributed by atoms with E-state index in [1.807, 2.05) is 30.3 Å². The van der Waals surface area contributed by atoms with Gasteiger partial charge in [0.2, 0.25) is 0 Å². The van der Waals surface area contributed by atoms with Crippen molar-refractivity contribution in [2.75, 3.05) is 25.6 Å². The van der Waals surface area contributed by atoms with E-state index in [0.29, 0.717) is 33.6 Å². The fraction of sp³-hybridized carbons (Fsp3) is 0.192. The van der Waals surface area contributed by atoms with E-state index in [1.165, 1.54) is 6.08 Å². The Labute approximate surface area is 208 Å². The lowest BCUT2D eigenvalue weighted by atomic mass is 10.1. The molecule has 3 rings (SSSR count). The quantitative estimate of drug-likeness (QED) is 0.165. The van der Waals surface area contributed by atoms with Crippen molar-refractivity contribution in [3.05, 3.63) is 82.6 Å². The highest BCUT2D eigenvalue weighted by Crippen LogP contribution is 2.29. The monoisotopic (exact) mass is 493 g/mol. The molecule has 3 aromatic rings. The van der Waals surface area contributed by atoms with Gasteiger partial charge in [0.1, 0.15) is 36.4 Å². The SMILES string of the molecule is C=CCc1ccc(OCCOc2ccc(/C=C(/C#N)C(=O)Nc3cc(C)on3)cc2Cl)c(OC)c1. The van der Waals surface area contributed by atoms with Gasteiger partial charge in [-0.3, -0.25) is 4.79 Å². The molecule has 8 nitrogen and oxygen atoms in total. The summed E-state index contributed by atoms with van der Waals surface area (Å²) in [4.78, 5) is 12.3. The van der Waals surface area contributed by atoms with Crippen LogP contribution < -0.4 is 19.5 Å². The normalized spacial score (nSPS) is 10.9. The van der Waals surface area contributed by atoms with Crippen LogP contribution in [-0.2, 0) is 11.2 Å². The Balaban J connectivity index is 1.57. The summed E-state index contributed by atoms with van der Waals surface area (Å²) in [6, 6.07) is 14.1. The van der Waals surface area contributed by atoms with Gasteiger partial charge in [0.15, 0.2) is 17.3 Å². The number of rotatable bonds is 11. The number of hydrogen-bond donors (Lipinski definition) is 1. The third kappa shape index (κ3) is 7.13. The van der Waals surface area contributed by atoms with Crippen molar-refractivity contribution in [1.29, 1.82) is 5.26 Å². The van der Waals surface area contributed by atoms with Crippen LogP contribution in [0.4, 0.5) is 5.82 Å². The largest absolute Gasteiger partial charge is 0.493 e. The number of benzene rings is 2. The topological polar surface area (TPSA) is 107 Å². The first kappa shape index (κ1) is 25.4. The second kappa shape index (κ2) is 12.3. The summed E-state index contributed by atoms with van der Waals surface area (Å²) >= 11 is 6.33. The third-order valence-electron chi connectivity index (χ3n) is 4.71. The number of anilines is 1. The predicted molar refractivity (Wildman–Crippen MR) is 133 cm³/mol. The first-order valence-corrected chi connectivity index (χ1v) is 11.0. The number of nitrogens with one attached hydrogen (secondary N) is 1. The Kier molecular flexibility index (Phi) is 8.93. The summed E-state index contributed by atoms with van der Waals surface area (Å²) in [5, 5.41) is 15.9. The van der Waals surface area contributed by atoms with E-state index in [9.17, 15) is 10.1 Å². The molecule has 1 amide bonds. The molecule has 9 heteroatoms. The number of nitrogens with zero attached hydrogens (tertiary/aromatic N) is 2. The van der Waals surface area contributed by atoms with Gasteiger partial charge >= 0.3 is 0 Å². The van der Waals surface area contributed by atoms with Gasteiger partial charge in [-0.05, 0) is 54.8 Å². The minimum Gasteiger partial charge on any atom is -0.493 e. The number of aryl methyl sites for hydroxylation is 1. The molecule has 0 atom stereocenters. The fourth-order valence-corrected chi connectivity index (χ4v) is 3.32. The minimum absolute atomic E-state index is 0.114. The van der Waals surface area contributed by atoms with E-state index < -0.39 is 5.91 Å². The smallest absolute Gasteiger partial charge is 0.267 e. The predicted octanol–water partition coefficient (Wildman–Crippen LogP) is 5.38. The van der Waals surface area contributed by atoms with Gasteiger partial charge in [-0.1, -0.05) is 35.0 Å². The molecule has 0 aliphatic rings.